The van der Waals surface area contributed by atoms with Gasteiger partial charge < -0.3 is 4.74 Å². The predicted octanol–water partition coefficient (Wildman–Crippen LogP) is 2.93. The van der Waals surface area contributed by atoms with Gasteiger partial charge in [-0.25, -0.2) is 4.98 Å². The summed E-state index contributed by atoms with van der Waals surface area (Å²) in [6.07, 6.45) is 1.90. The van der Waals surface area contributed by atoms with E-state index in [1.807, 2.05) is 40.9 Å². The molecule has 2 heterocycles. The maximum Gasteiger partial charge on any atom is 0.308 e. The molecule has 5 heteroatoms. The van der Waals surface area contributed by atoms with E-state index in [1.165, 1.54) is 13.0 Å². The van der Waals surface area contributed by atoms with E-state index in [2.05, 4.69) is 4.98 Å². The molecule has 0 aliphatic heterocycles. The van der Waals surface area contributed by atoms with Gasteiger partial charge in [0.25, 0.3) is 0 Å². The number of benzene rings is 1. The van der Waals surface area contributed by atoms with E-state index in [1.54, 1.807) is 12.1 Å². The average Bonchev–Trinajstić information content (AvgIpc) is 2.82. The lowest BCUT2D eigenvalue weighted by Crippen LogP contribution is -2.08. The largest absolute Gasteiger partial charge is 0.422 e. The van der Waals surface area contributed by atoms with E-state index < -0.39 is 5.97 Å². The SMILES string of the molecule is CC(=O)Oc1cc2c(ccc1=O)nc1c3ccccc3ccn21. The molecule has 5 nitrogen and oxygen atoms in total. The van der Waals surface area contributed by atoms with Gasteiger partial charge in [-0.1, -0.05) is 24.3 Å². The summed E-state index contributed by atoms with van der Waals surface area (Å²) in [6, 6.07) is 14.5. The van der Waals surface area contributed by atoms with Crippen LogP contribution in [0.15, 0.2) is 59.5 Å². The summed E-state index contributed by atoms with van der Waals surface area (Å²) in [5.41, 5.74) is 1.82. The first-order valence-corrected chi connectivity index (χ1v) is 7.16. The molecule has 0 unspecified atom stereocenters. The maximum atomic E-state index is 12.0. The van der Waals surface area contributed by atoms with Gasteiger partial charge in [0.2, 0.25) is 5.43 Å². The van der Waals surface area contributed by atoms with Crippen molar-refractivity contribution in [2.24, 2.45) is 0 Å². The Labute approximate surface area is 130 Å². The van der Waals surface area contributed by atoms with Crippen LogP contribution in [0.5, 0.6) is 5.75 Å². The molecule has 4 aromatic rings. The van der Waals surface area contributed by atoms with Crippen LogP contribution in [0.1, 0.15) is 6.92 Å². The third kappa shape index (κ3) is 2.14. The number of fused-ring (bicyclic) bond motifs is 5. The number of ether oxygens (including phenoxy) is 1. The number of hydrogen-bond acceptors (Lipinski definition) is 4. The molecule has 0 amide bonds. The van der Waals surface area contributed by atoms with E-state index in [0.717, 1.165) is 16.4 Å². The zero-order valence-corrected chi connectivity index (χ0v) is 12.3. The maximum absolute atomic E-state index is 12.0. The minimum atomic E-state index is -0.527. The highest BCUT2D eigenvalue weighted by molar-refractivity contribution is 5.98. The van der Waals surface area contributed by atoms with Crippen LogP contribution in [0, 0.1) is 0 Å². The number of pyridine rings is 1. The summed E-state index contributed by atoms with van der Waals surface area (Å²) in [7, 11) is 0. The van der Waals surface area contributed by atoms with Crippen molar-refractivity contribution in [2.75, 3.05) is 0 Å². The highest BCUT2D eigenvalue weighted by Crippen LogP contribution is 2.24. The molecule has 2 aromatic carbocycles. The number of hydrogen-bond donors (Lipinski definition) is 0. The molecule has 4 rings (SSSR count). The second-order valence-corrected chi connectivity index (χ2v) is 5.28. The van der Waals surface area contributed by atoms with Crippen LogP contribution in [-0.2, 0) is 4.79 Å². The molecule has 0 saturated heterocycles. The summed E-state index contributed by atoms with van der Waals surface area (Å²) in [4.78, 5) is 27.8. The molecule has 0 saturated carbocycles. The van der Waals surface area contributed by atoms with Gasteiger partial charge in [-0.05, 0) is 23.6 Å². The molecule has 0 aliphatic rings. The van der Waals surface area contributed by atoms with Gasteiger partial charge in [0.05, 0.1) is 11.0 Å². The molecule has 0 radical (unpaired) electrons. The molecule has 0 spiro atoms. The molecular weight excluding hydrogens is 292 g/mol. The van der Waals surface area contributed by atoms with Crippen LogP contribution in [0.3, 0.4) is 0 Å². The van der Waals surface area contributed by atoms with Gasteiger partial charge in [0, 0.05) is 24.6 Å². The third-order valence-electron chi connectivity index (χ3n) is 3.74. The van der Waals surface area contributed by atoms with E-state index in [-0.39, 0.29) is 11.2 Å². The Morgan fingerprint density at radius 3 is 2.78 bits per heavy atom. The summed E-state index contributed by atoms with van der Waals surface area (Å²) in [6.45, 7) is 1.27. The first-order chi connectivity index (χ1) is 11.1. The van der Waals surface area contributed by atoms with Crippen molar-refractivity contribution in [1.29, 1.82) is 0 Å². The highest BCUT2D eigenvalue weighted by atomic mass is 16.5. The monoisotopic (exact) mass is 304 g/mol. The quantitative estimate of drug-likeness (QED) is 0.507. The van der Waals surface area contributed by atoms with Gasteiger partial charge in [-0.15, -0.1) is 0 Å². The predicted molar refractivity (Wildman–Crippen MR) is 87.8 cm³/mol. The van der Waals surface area contributed by atoms with Crippen LogP contribution in [-0.4, -0.2) is 15.4 Å². The Kier molecular flexibility index (Phi) is 2.87. The molecule has 0 N–H and O–H groups in total. The molecule has 0 aliphatic carbocycles. The van der Waals surface area contributed by atoms with Crippen LogP contribution in [0.4, 0.5) is 0 Å². The zero-order chi connectivity index (χ0) is 16.0. The van der Waals surface area contributed by atoms with Gasteiger partial charge in [0.15, 0.2) is 5.75 Å². The summed E-state index contributed by atoms with van der Waals surface area (Å²) < 4.78 is 6.92. The van der Waals surface area contributed by atoms with Crippen molar-refractivity contribution in [2.45, 2.75) is 6.92 Å². The van der Waals surface area contributed by atoms with Crippen LogP contribution >= 0.6 is 0 Å². The van der Waals surface area contributed by atoms with Gasteiger partial charge in [0.1, 0.15) is 5.65 Å². The van der Waals surface area contributed by atoms with Gasteiger partial charge >= 0.3 is 5.97 Å². The van der Waals surface area contributed by atoms with E-state index in [4.69, 9.17) is 4.74 Å². The smallest absolute Gasteiger partial charge is 0.308 e. The normalized spacial score (nSPS) is 11.2. The second kappa shape index (κ2) is 4.91. The Bertz CT molecular complexity index is 1150. The summed E-state index contributed by atoms with van der Waals surface area (Å²) in [5.74, 6) is -0.525. The first kappa shape index (κ1) is 13.5. The minimum absolute atomic E-state index is 0.00228. The number of carbonyl (C=O) groups is 1. The fourth-order valence-corrected chi connectivity index (χ4v) is 2.74. The molecule has 112 valence electrons. The van der Waals surface area contributed by atoms with Gasteiger partial charge in [-0.2, -0.15) is 0 Å². The molecule has 0 bridgehead atoms. The van der Waals surface area contributed by atoms with Gasteiger partial charge in [-0.3, -0.25) is 14.0 Å². The number of rotatable bonds is 1. The number of esters is 1. The lowest BCUT2D eigenvalue weighted by Gasteiger charge is -2.01. The Balaban J connectivity index is 2.14. The Hall–Kier alpha value is -3.21. The van der Waals surface area contributed by atoms with Crippen LogP contribution < -0.4 is 10.2 Å². The fourth-order valence-electron chi connectivity index (χ4n) is 2.74. The average molecular weight is 304 g/mol. The third-order valence-corrected chi connectivity index (χ3v) is 3.74. The summed E-state index contributed by atoms with van der Waals surface area (Å²) in [5, 5.41) is 2.11. The highest BCUT2D eigenvalue weighted by Gasteiger charge is 2.10. The standard InChI is InChI=1S/C18H12N2O3/c1-11(21)23-17-10-15-14(6-7-16(17)22)19-18-13-5-3-2-4-12(13)8-9-20(15)18/h2-10H,1H3. The molecule has 0 atom stereocenters. The number of carbonyl (C=O) groups excluding carboxylic acids is 1. The first-order valence-electron chi connectivity index (χ1n) is 7.16. The topological polar surface area (TPSA) is 60.7 Å². The fraction of sp³-hybridized carbons (Fsp3) is 0.0556. The van der Waals surface area contributed by atoms with Crippen molar-refractivity contribution in [3.63, 3.8) is 0 Å². The van der Waals surface area contributed by atoms with E-state index in [0.29, 0.717) is 11.0 Å². The lowest BCUT2D eigenvalue weighted by molar-refractivity contribution is -0.131. The van der Waals surface area contributed by atoms with Crippen molar-refractivity contribution < 1.29 is 9.53 Å². The van der Waals surface area contributed by atoms with Crippen LogP contribution in [0.2, 0.25) is 0 Å². The lowest BCUT2D eigenvalue weighted by atomic mass is 10.2. The van der Waals surface area contributed by atoms with E-state index >= 15 is 0 Å². The zero-order valence-electron chi connectivity index (χ0n) is 12.3. The van der Waals surface area contributed by atoms with E-state index in [9.17, 15) is 9.59 Å². The molecular formula is C18H12N2O3. The number of imidazole rings is 1. The van der Waals surface area contributed by atoms with Crippen molar-refractivity contribution in [3.8, 4) is 5.75 Å². The Morgan fingerprint density at radius 2 is 1.96 bits per heavy atom. The number of nitrogens with zero attached hydrogens (tertiary/aromatic N) is 2. The van der Waals surface area contributed by atoms with Crippen molar-refractivity contribution in [3.05, 3.63) is 65.0 Å². The number of aromatic nitrogens is 2. The minimum Gasteiger partial charge on any atom is -0.422 e. The molecule has 2 aromatic heterocycles. The second-order valence-electron chi connectivity index (χ2n) is 5.28. The summed E-state index contributed by atoms with van der Waals surface area (Å²) >= 11 is 0. The van der Waals surface area contributed by atoms with Crippen molar-refractivity contribution in [1.82, 2.24) is 9.38 Å². The molecule has 0 fully saturated rings. The Morgan fingerprint density at radius 1 is 1.13 bits per heavy atom. The molecule has 23 heavy (non-hydrogen) atoms. The van der Waals surface area contributed by atoms with Crippen molar-refractivity contribution >= 4 is 33.4 Å². The van der Waals surface area contributed by atoms with Crippen LogP contribution in [0.25, 0.3) is 27.5 Å².